The average Bonchev–Trinajstić information content (AvgIpc) is 2.96. The number of aliphatic hydroxyl groups is 1. The molecular weight excluding hydrogens is 409 g/mol. The van der Waals surface area contributed by atoms with E-state index < -0.39 is 47.4 Å². The molecular formula is C23H19F3N2O3. The average molecular weight is 428 g/mol. The highest BCUT2D eigenvalue weighted by atomic mass is 19.4. The molecule has 0 spiro atoms. The Morgan fingerprint density at radius 3 is 2.35 bits per heavy atom. The van der Waals surface area contributed by atoms with Gasteiger partial charge in [-0.1, -0.05) is 54.6 Å². The van der Waals surface area contributed by atoms with E-state index in [9.17, 15) is 27.9 Å². The summed E-state index contributed by atoms with van der Waals surface area (Å²) in [6.45, 7) is 0.939. The minimum Gasteiger partial charge on any atom is -0.387 e. The number of aliphatic hydroxyl groups excluding tert-OH is 1. The van der Waals surface area contributed by atoms with E-state index in [0.29, 0.717) is 5.56 Å². The van der Waals surface area contributed by atoms with Gasteiger partial charge in [-0.25, -0.2) is 4.79 Å². The Labute approximate surface area is 176 Å². The van der Waals surface area contributed by atoms with Crippen LogP contribution in [0.1, 0.15) is 29.7 Å². The second-order valence-corrected chi connectivity index (χ2v) is 7.63. The van der Waals surface area contributed by atoms with Crippen molar-refractivity contribution in [2.24, 2.45) is 0 Å². The third kappa shape index (κ3) is 3.63. The van der Waals surface area contributed by atoms with Gasteiger partial charge < -0.3 is 10.4 Å². The van der Waals surface area contributed by atoms with Gasteiger partial charge in [0, 0.05) is 0 Å². The maximum Gasteiger partial charge on any atom is 0.416 e. The maximum atomic E-state index is 13.3. The molecule has 3 aromatic carbocycles. The van der Waals surface area contributed by atoms with Crippen molar-refractivity contribution in [2.45, 2.75) is 24.7 Å². The number of imide groups is 1. The molecule has 1 fully saturated rings. The van der Waals surface area contributed by atoms with Crippen LogP contribution in [0.15, 0.2) is 66.7 Å². The highest BCUT2D eigenvalue weighted by Gasteiger charge is 2.49. The smallest absolute Gasteiger partial charge is 0.387 e. The van der Waals surface area contributed by atoms with Gasteiger partial charge in [0.25, 0.3) is 5.91 Å². The lowest BCUT2D eigenvalue weighted by atomic mass is 9.90. The van der Waals surface area contributed by atoms with Crippen LogP contribution in [0.5, 0.6) is 0 Å². The summed E-state index contributed by atoms with van der Waals surface area (Å²) in [5.41, 5.74) is -2.26. The second-order valence-electron chi connectivity index (χ2n) is 7.63. The first-order valence-corrected chi connectivity index (χ1v) is 9.59. The van der Waals surface area contributed by atoms with Crippen molar-refractivity contribution < 1.29 is 27.9 Å². The monoisotopic (exact) mass is 428 g/mol. The molecule has 5 nitrogen and oxygen atoms in total. The van der Waals surface area contributed by atoms with E-state index in [-0.39, 0.29) is 0 Å². The molecule has 0 aromatic heterocycles. The number of halogens is 3. The first-order chi connectivity index (χ1) is 14.6. The standard InChI is InChI=1S/C23H19F3N2O3/c1-22(16-11-10-14-6-2-3-7-15(14)12-16)20(30)28(21(31)27-22)13-19(29)17-8-4-5-9-18(17)23(24,25)26/h2-12,19,29H,13H2,1H3,(H,27,31)/t19-,22+/m0/s1. The number of amides is 3. The molecule has 8 heteroatoms. The Morgan fingerprint density at radius 2 is 1.65 bits per heavy atom. The topological polar surface area (TPSA) is 69.6 Å². The summed E-state index contributed by atoms with van der Waals surface area (Å²) in [6, 6.07) is 16.6. The Morgan fingerprint density at radius 1 is 1.00 bits per heavy atom. The zero-order valence-electron chi connectivity index (χ0n) is 16.5. The van der Waals surface area contributed by atoms with Crippen LogP contribution in [0, 0.1) is 0 Å². The molecule has 3 amide bonds. The zero-order chi connectivity index (χ0) is 22.4. The van der Waals surface area contributed by atoms with Crippen LogP contribution in [-0.4, -0.2) is 28.5 Å². The van der Waals surface area contributed by atoms with Gasteiger partial charge in [-0.2, -0.15) is 13.2 Å². The fourth-order valence-electron chi connectivity index (χ4n) is 3.88. The minimum absolute atomic E-state index is 0.394. The van der Waals surface area contributed by atoms with Crippen molar-refractivity contribution in [1.29, 1.82) is 0 Å². The lowest BCUT2D eigenvalue weighted by Gasteiger charge is -2.24. The number of carbonyl (C=O) groups excluding carboxylic acids is 2. The molecule has 0 saturated carbocycles. The first-order valence-electron chi connectivity index (χ1n) is 9.59. The molecule has 0 radical (unpaired) electrons. The fraction of sp³-hybridized carbons (Fsp3) is 0.217. The van der Waals surface area contributed by atoms with Crippen molar-refractivity contribution >= 4 is 22.7 Å². The SMILES string of the molecule is C[C@]1(c2ccc3ccccc3c2)NC(=O)N(C[C@H](O)c2ccccc2C(F)(F)F)C1=O. The number of nitrogens with zero attached hydrogens (tertiary/aromatic N) is 1. The number of benzene rings is 3. The van der Waals surface area contributed by atoms with E-state index in [1.165, 1.54) is 19.1 Å². The van der Waals surface area contributed by atoms with E-state index in [1.54, 1.807) is 12.1 Å². The summed E-state index contributed by atoms with van der Waals surface area (Å²) in [4.78, 5) is 26.4. The molecule has 1 aliphatic heterocycles. The van der Waals surface area contributed by atoms with E-state index >= 15 is 0 Å². The molecule has 160 valence electrons. The molecule has 0 bridgehead atoms. The summed E-state index contributed by atoms with van der Waals surface area (Å²) in [7, 11) is 0. The van der Waals surface area contributed by atoms with Gasteiger partial charge in [0.2, 0.25) is 0 Å². The van der Waals surface area contributed by atoms with Crippen LogP contribution in [0.25, 0.3) is 10.8 Å². The van der Waals surface area contributed by atoms with Crippen LogP contribution >= 0.6 is 0 Å². The van der Waals surface area contributed by atoms with Crippen molar-refractivity contribution in [3.05, 3.63) is 83.4 Å². The molecule has 31 heavy (non-hydrogen) atoms. The van der Waals surface area contributed by atoms with Crippen molar-refractivity contribution in [3.63, 3.8) is 0 Å². The lowest BCUT2D eigenvalue weighted by molar-refractivity contribution is -0.139. The van der Waals surface area contributed by atoms with Crippen molar-refractivity contribution in [1.82, 2.24) is 10.2 Å². The summed E-state index contributed by atoms with van der Waals surface area (Å²) in [5.74, 6) is -0.642. The van der Waals surface area contributed by atoms with E-state index in [0.717, 1.165) is 27.8 Å². The van der Waals surface area contributed by atoms with Crippen LogP contribution in [-0.2, 0) is 16.5 Å². The van der Waals surface area contributed by atoms with Gasteiger partial charge in [0.15, 0.2) is 0 Å². The Kier molecular flexibility index (Phi) is 4.97. The summed E-state index contributed by atoms with van der Waals surface area (Å²) in [5, 5.41) is 14.9. The Balaban J connectivity index is 1.63. The number of urea groups is 1. The summed E-state index contributed by atoms with van der Waals surface area (Å²) in [6.07, 6.45) is -6.36. The predicted molar refractivity (Wildman–Crippen MR) is 108 cm³/mol. The number of β-amino-alcohol motifs (C(OH)–C–C–N with tert-alkyl or cyclic N) is 1. The van der Waals surface area contributed by atoms with Crippen LogP contribution in [0.2, 0.25) is 0 Å². The van der Waals surface area contributed by atoms with Gasteiger partial charge in [-0.15, -0.1) is 0 Å². The third-order valence-corrected chi connectivity index (χ3v) is 5.58. The van der Waals surface area contributed by atoms with E-state index in [4.69, 9.17) is 0 Å². The molecule has 3 aromatic rings. The highest BCUT2D eigenvalue weighted by Crippen LogP contribution is 2.36. The second kappa shape index (κ2) is 7.39. The minimum atomic E-state index is -4.67. The van der Waals surface area contributed by atoms with Crippen LogP contribution in [0.3, 0.4) is 0 Å². The van der Waals surface area contributed by atoms with Gasteiger partial charge in [-0.05, 0) is 41.0 Å². The number of fused-ring (bicyclic) bond motifs is 1. The fourth-order valence-corrected chi connectivity index (χ4v) is 3.88. The van der Waals surface area contributed by atoms with Gasteiger partial charge in [0.05, 0.1) is 18.2 Å². The van der Waals surface area contributed by atoms with Crippen LogP contribution < -0.4 is 5.32 Å². The van der Waals surface area contributed by atoms with Gasteiger partial charge in [-0.3, -0.25) is 9.69 Å². The lowest BCUT2D eigenvalue weighted by Crippen LogP contribution is -2.41. The molecule has 4 rings (SSSR count). The normalized spacial score (nSPS) is 20.2. The molecule has 0 aliphatic carbocycles. The molecule has 1 aliphatic rings. The third-order valence-electron chi connectivity index (χ3n) is 5.58. The predicted octanol–water partition coefficient (Wildman–Crippen LogP) is 4.36. The molecule has 0 unspecified atom stereocenters. The highest BCUT2D eigenvalue weighted by molar-refractivity contribution is 6.07. The number of nitrogens with one attached hydrogen (secondary N) is 1. The zero-order valence-corrected chi connectivity index (χ0v) is 16.5. The van der Waals surface area contributed by atoms with Crippen LogP contribution in [0.4, 0.5) is 18.0 Å². The number of rotatable bonds is 4. The van der Waals surface area contributed by atoms with Gasteiger partial charge in [0.1, 0.15) is 5.54 Å². The summed E-state index contributed by atoms with van der Waals surface area (Å²) < 4.78 is 39.8. The summed E-state index contributed by atoms with van der Waals surface area (Å²) >= 11 is 0. The van der Waals surface area contributed by atoms with Crippen molar-refractivity contribution in [3.8, 4) is 0 Å². The number of hydrogen-bond acceptors (Lipinski definition) is 3. The molecule has 2 atom stereocenters. The largest absolute Gasteiger partial charge is 0.416 e. The first kappa shape index (κ1) is 20.9. The molecule has 1 saturated heterocycles. The maximum absolute atomic E-state index is 13.3. The van der Waals surface area contributed by atoms with Crippen molar-refractivity contribution in [2.75, 3.05) is 6.54 Å². The number of carbonyl (C=O) groups is 2. The van der Waals surface area contributed by atoms with E-state index in [2.05, 4.69) is 5.32 Å². The quantitative estimate of drug-likeness (QED) is 0.607. The number of hydrogen-bond donors (Lipinski definition) is 2. The number of alkyl halides is 3. The molecule has 2 N–H and O–H groups in total. The molecule has 1 heterocycles. The van der Waals surface area contributed by atoms with Gasteiger partial charge >= 0.3 is 12.2 Å². The van der Waals surface area contributed by atoms with E-state index in [1.807, 2.05) is 30.3 Å². The Bertz CT molecular complexity index is 1180. The Hall–Kier alpha value is -3.39.